The fourth-order valence-corrected chi connectivity index (χ4v) is 4.25. The number of non-ortho nitro benzene ring substituents is 1. The van der Waals surface area contributed by atoms with Crippen LogP contribution in [0.15, 0.2) is 24.3 Å². The van der Waals surface area contributed by atoms with Crippen LogP contribution in [-0.2, 0) is 4.79 Å². The van der Waals surface area contributed by atoms with Gasteiger partial charge in [0.05, 0.1) is 15.2 Å². The molecule has 3 rings (SSSR count). The van der Waals surface area contributed by atoms with Crippen LogP contribution in [0.2, 0.25) is 0 Å². The third-order valence-corrected chi connectivity index (χ3v) is 5.90. The maximum absolute atomic E-state index is 12.4. The number of thiophene rings is 1. The van der Waals surface area contributed by atoms with Gasteiger partial charge in [0.15, 0.2) is 0 Å². The largest absolute Gasteiger partial charge is 0.481 e. The van der Waals surface area contributed by atoms with Gasteiger partial charge < -0.3 is 10.4 Å². The predicted molar refractivity (Wildman–Crippen MR) is 94.0 cm³/mol. The van der Waals surface area contributed by atoms with E-state index in [-0.39, 0.29) is 18.1 Å². The van der Waals surface area contributed by atoms with E-state index in [1.807, 2.05) is 0 Å². The molecule has 0 bridgehead atoms. The number of carboxylic acids is 1. The van der Waals surface area contributed by atoms with E-state index in [2.05, 4.69) is 5.32 Å². The predicted octanol–water partition coefficient (Wildman–Crippen LogP) is 3.57. The van der Waals surface area contributed by atoms with Gasteiger partial charge in [-0.3, -0.25) is 19.7 Å². The van der Waals surface area contributed by atoms with Crippen molar-refractivity contribution in [1.82, 2.24) is 5.32 Å². The average molecular weight is 362 g/mol. The maximum Gasteiger partial charge on any atom is 0.311 e. The summed E-state index contributed by atoms with van der Waals surface area (Å²) in [6, 6.07) is 6.07. The summed E-state index contributed by atoms with van der Waals surface area (Å²) in [5.74, 6) is -1.20. The normalized spacial score (nSPS) is 16.5. The molecule has 132 valence electrons. The number of fused-ring (bicyclic) bond motifs is 1. The van der Waals surface area contributed by atoms with Crippen molar-refractivity contribution in [2.45, 2.75) is 32.1 Å². The molecule has 0 aliphatic heterocycles. The van der Waals surface area contributed by atoms with Gasteiger partial charge in [0.1, 0.15) is 0 Å². The summed E-state index contributed by atoms with van der Waals surface area (Å²) in [6.45, 7) is 0.107. The number of hydrogen-bond acceptors (Lipinski definition) is 5. The molecule has 0 unspecified atom stereocenters. The topological polar surface area (TPSA) is 110 Å². The number of amides is 1. The molecule has 1 fully saturated rings. The summed E-state index contributed by atoms with van der Waals surface area (Å²) in [7, 11) is 0. The highest BCUT2D eigenvalue weighted by atomic mass is 32.1. The quantitative estimate of drug-likeness (QED) is 0.624. The molecule has 7 nitrogen and oxygen atoms in total. The highest BCUT2D eigenvalue weighted by molar-refractivity contribution is 7.20. The third-order valence-electron chi connectivity index (χ3n) is 4.79. The van der Waals surface area contributed by atoms with Gasteiger partial charge in [-0.1, -0.05) is 19.3 Å². The molecular formula is C17H18N2O5S. The fourth-order valence-electron chi connectivity index (χ4n) is 3.29. The number of aliphatic carboxylic acids is 1. The van der Waals surface area contributed by atoms with E-state index in [9.17, 15) is 24.8 Å². The molecule has 1 aromatic heterocycles. The average Bonchev–Trinajstić information content (AvgIpc) is 3.03. The highest BCUT2D eigenvalue weighted by Gasteiger charge is 2.39. The summed E-state index contributed by atoms with van der Waals surface area (Å²) in [5.41, 5.74) is -0.909. The first-order valence-electron chi connectivity index (χ1n) is 8.11. The number of hydrogen-bond donors (Lipinski definition) is 2. The summed E-state index contributed by atoms with van der Waals surface area (Å²) in [5, 5.41) is 23.8. The van der Waals surface area contributed by atoms with E-state index < -0.39 is 16.3 Å². The molecule has 0 saturated heterocycles. The molecule has 2 N–H and O–H groups in total. The number of nitrogens with one attached hydrogen (secondary N) is 1. The first kappa shape index (κ1) is 17.3. The van der Waals surface area contributed by atoms with Gasteiger partial charge in [-0.15, -0.1) is 11.3 Å². The Hall–Kier alpha value is -2.48. The molecule has 1 amide bonds. The van der Waals surface area contributed by atoms with Gasteiger partial charge in [0.25, 0.3) is 11.6 Å². The van der Waals surface area contributed by atoms with E-state index in [1.54, 1.807) is 12.1 Å². The zero-order valence-electron chi connectivity index (χ0n) is 13.5. The van der Waals surface area contributed by atoms with Gasteiger partial charge in [-0.25, -0.2) is 0 Å². The molecule has 0 spiro atoms. The van der Waals surface area contributed by atoms with Crippen LogP contribution in [0.3, 0.4) is 0 Å². The third kappa shape index (κ3) is 3.48. The highest BCUT2D eigenvalue weighted by Crippen LogP contribution is 2.36. The Morgan fingerprint density at radius 2 is 1.96 bits per heavy atom. The Kier molecular flexibility index (Phi) is 4.71. The van der Waals surface area contributed by atoms with Crippen molar-refractivity contribution in [3.05, 3.63) is 39.3 Å². The van der Waals surface area contributed by atoms with Crippen molar-refractivity contribution in [3.8, 4) is 0 Å². The SMILES string of the molecule is O=C(NCC1(C(=O)O)CCCCC1)c1cc2cc([N+](=O)[O-])ccc2s1. The van der Waals surface area contributed by atoms with Gasteiger partial charge in [0.2, 0.25) is 0 Å². The van der Waals surface area contributed by atoms with Crippen LogP contribution >= 0.6 is 11.3 Å². The molecule has 0 atom stereocenters. The summed E-state index contributed by atoms with van der Waals surface area (Å²) < 4.78 is 0.779. The molecule has 1 aliphatic rings. The Bertz CT molecular complexity index is 839. The number of nitrogens with zero attached hydrogens (tertiary/aromatic N) is 1. The molecule has 1 heterocycles. The van der Waals surface area contributed by atoms with E-state index in [0.29, 0.717) is 23.1 Å². The van der Waals surface area contributed by atoms with E-state index in [0.717, 1.165) is 24.0 Å². The monoisotopic (exact) mass is 362 g/mol. The lowest BCUT2D eigenvalue weighted by Crippen LogP contribution is -2.44. The van der Waals surface area contributed by atoms with Crippen LogP contribution in [0.25, 0.3) is 10.1 Å². The molecule has 1 aromatic carbocycles. The zero-order valence-corrected chi connectivity index (χ0v) is 14.3. The lowest BCUT2D eigenvalue weighted by molar-refractivity contribution is -0.384. The minimum absolute atomic E-state index is 0.0238. The number of carboxylic acid groups (broad SMARTS) is 1. The molecular weight excluding hydrogens is 344 g/mol. The Balaban J connectivity index is 1.75. The van der Waals surface area contributed by atoms with Crippen molar-refractivity contribution in [2.24, 2.45) is 5.41 Å². The number of nitro benzene ring substituents is 1. The summed E-state index contributed by atoms with van der Waals surface area (Å²) >= 11 is 1.24. The van der Waals surface area contributed by atoms with Crippen molar-refractivity contribution < 1.29 is 19.6 Å². The first-order valence-corrected chi connectivity index (χ1v) is 8.92. The Morgan fingerprint density at radius 3 is 2.60 bits per heavy atom. The maximum atomic E-state index is 12.4. The Labute approximate surface area is 147 Å². The van der Waals surface area contributed by atoms with Crippen molar-refractivity contribution in [2.75, 3.05) is 6.54 Å². The zero-order chi connectivity index (χ0) is 18.0. The summed E-state index contributed by atoms with van der Waals surface area (Å²) in [6.07, 6.45) is 3.88. The molecule has 1 aliphatic carbocycles. The van der Waals surface area contributed by atoms with E-state index >= 15 is 0 Å². The van der Waals surface area contributed by atoms with Gasteiger partial charge >= 0.3 is 5.97 Å². The molecule has 8 heteroatoms. The first-order chi connectivity index (χ1) is 11.9. The number of nitro groups is 1. The van der Waals surface area contributed by atoms with Gasteiger partial charge in [-0.2, -0.15) is 0 Å². The lowest BCUT2D eigenvalue weighted by Gasteiger charge is -2.33. The standard InChI is InChI=1S/C17H18N2O5S/c20-15(18-10-17(16(21)22)6-2-1-3-7-17)14-9-11-8-12(19(23)24)4-5-13(11)25-14/h4-5,8-9H,1-3,6-7,10H2,(H,18,20)(H,21,22). The molecule has 0 radical (unpaired) electrons. The van der Waals surface area contributed by atoms with Gasteiger partial charge in [-0.05, 0) is 25.0 Å². The number of carbonyl (C=O) groups is 2. The van der Waals surface area contributed by atoms with Crippen LogP contribution in [0.5, 0.6) is 0 Å². The molecule has 2 aromatic rings. The number of rotatable bonds is 5. The van der Waals surface area contributed by atoms with Crippen LogP contribution in [0.1, 0.15) is 41.8 Å². The van der Waals surface area contributed by atoms with Gasteiger partial charge in [0, 0.05) is 28.8 Å². The molecule has 1 saturated carbocycles. The second kappa shape index (κ2) is 6.79. The van der Waals surface area contributed by atoms with Crippen molar-refractivity contribution in [3.63, 3.8) is 0 Å². The van der Waals surface area contributed by atoms with Crippen LogP contribution in [0.4, 0.5) is 5.69 Å². The molecule has 25 heavy (non-hydrogen) atoms. The second-order valence-electron chi connectivity index (χ2n) is 6.42. The minimum Gasteiger partial charge on any atom is -0.481 e. The van der Waals surface area contributed by atoms with Crippen LogP contribution in [-0.4, -0.2) is 28.5 Å². The van der Waals surface area contributed by atoms with Crippen molar-refractivity contribution in [1.29, 1.82) is 0 Å². The summed E-state index contributed by atoms with van der Waals surface area (Å²) in [4.78, 5) is 34.9. The Morgan fingerprint density at radius 1 is 1.24 bits per heavy atom. The smallest absolute Gasteiger partial charge is 0.311 e. The van der Waals surface area contributed by atoms with E-state index in [4.69, 9.17) is 0 Å². The van der Waals surface area contributed by atoms with E-state index in [1.165, 1.54) is 23.5 Å². The number of carbonyl (C=O) groups excluding carboxylic acids is 1. The fraction of sp³-hybridized carbons (Fsp3) is 0.412. The van der Waals surface area contributed by atoms with Crippen LogP contribution in [0, 0.1) is 15.5 Å². The van der Waals surface area contributed by atoms with Crippen molar-refractivity contribution >= 4 is 39.0 Å². The van der Waals surface area contributed by atoms with Crippen LogP contribution < -0.4 is 5.32 Å². The lowest BCUT2D eigenvalue weighted by atomic mass is 9.74. The number of benzene rings is 1. The minimum atomic E-state index is -0.886. The second-order valence-corrected chi connectivity index (χ2v) is 7.50.